The van der Waals surface area contributed by atoms with Gasteiger partial charge in [0.15, 0.2) is 5.82 Å². The molecule has 0 radical (unpaired) electrons. The summed E-state index contributed by atoms with van der Waals surface area (Å²) in [6.07, 6.45) is 5.29. The van der Waals surface area contributed by atoms with Crippen LogP contribution in [0.2, 0.25) is 0 Å². The van der Waals surface area contributed by atoms with Crippen molar-refractivity contribution < 1.29 is 19.1 Å². The van der Waals surface area contributed by atoms with E-state index in [0.717, 1.165) is 37.9 Å². The molecule has 26 heavy (non-hydrogen) atoms. The number of aromatic nitrogens is 4. The average molecular weight is 365 g/mol. The number of likely N-dealkylation sites (tertiary alicyclic amines) is 1. The molecule has 1 unspecified atom stereocenters. The molecule has 2 aliphatic rings. The number of tetrazole rings is 1. The first-order chi connectivity index (χ1) is 12.6. The Morgan fingerprint density at radius 2 is 2.12 bits per heavy atom. The van der Waals surface area contributed by atoms with E-state index in [1.807, 2.05) is 0 Å². The fraction of sp³-hybridized carbons (Fsp3) is 0.824. The van der Waals surface area contributed by atoms with Gasteiger partial charge in [0.2, 0.25) is 0 Å². The van der Waals surface area contributed by atoms with E-state index >= 15 is 0 Å². The van der Waals surface area contributed by atoms with Crippen molar-refractivity contribution in [3.05, 3.63) is 5.82 Å². The molecule has 1 amide bonds. The SMILES string of the molecule is CCOC(=O)[C@H]1C[C@H]2CC(CCc3nn[nH]n3)CC[C@H]2CN1C(=O)OC. The van der Waals surface area contributed by atoms with Gasteiger partial charge in [-0.1, -0.05) is 11.6 Å². The number of methoxy groups -OCH3 is 1. The van der Waals surface area contributed by atoms with Crippen molar-refractivity contribution >= 4 is 12.1 Å². The minimum Gasteiger partial charge on any atom is -0.464 e. The van der Waals surface area contributed by atoms with E-state index in [1.165, 1.54) is 7.11 Å². The highest BCUT2D eigenvalue weighted by atomic mass is 16.6. The Bertz CT molecular complexity index is 608. The lowest BCUT2D eigenvalue weighted by atomic mass is 9.68. The monoisotopic (exact) mass is 365 g/mol. The number of ether oxygens (including phenoxy) is 2. The summed E-state index contributed by atoms with van der Waals surface area (Å²) in [4.78, 5) is 26.1. The summed E-state index contributed by atoms with van der Waals surface area (Å²) in [6.45, 7) is 2.66. The van der Waals surface area contributed by atoms with Gasteiger partial charge in [-0.15, -0.1) is 10.2 Å². The van der Waals surface area contributed by atoms with Crippen molar-refractivity contribution in [2.45, 2.75) is 51.5 Å². The quantitative estimate of drug-likeness (QED) is 0.789. The molecular formula is C17H27N5O4. The summed E-state index contributed by atoms with van der Waals surface area (Å²) in [5.74, 6) is 1.85. The third-order valence-corrected chi connectivity index (χ3v) is 5.72. The second-order valence-electron chi connectivity index (χ2n) is 7.19. The van der Waals surface area contributed by atoms with Crippen LogP contribution < -0.4 is 0 Å². The molecule has 9 nitrogen and oxygen atoms in total. The maximum atomic E-state index is 12.4. The molecular weight excluding hydrogens is 338 g/mol. The maximum Gasteiger partial charge on any atom is 0.410 e. The Morgan fingerprint density at radius 3 is 2.81 bits per heavy atom. The summed E-state index contributed by atoms with van der Waals surface area (Å²) >= 11 is 0. The lowest BCUT2D eigenvalue weighted by Crippen LogP contribution is -2.55. The van der Waals surface area contributed by atoms with E-state index in [9.17, 15) is 9.59 Å². The topological polar surface area (TPSA) is 110 Å². The summed E-state index contributed by atoms with van der Waals surface area (Å²) in [7, 11) is 1.35. The van der Waals surface area contributed by atoms with Crippen molar-refractivity contribution in [3.8, 4) is 0 Å². The second kappa shape index (κ2) is 8.46. The fourth-order valence-corrected chi connectivity index (χ4v) is 4.41. The van der Waals surface area contributed by atoms with Crippen LogP contribution in [0.15, 0.2) is 0 Å². The number of hydrogen-bond donors (Lipinski definition) is 1. The Balaban J connectivity index is 1.62. The van der Waals surface area contributed by atoms with E-state index in [0.29, 0.717) is 37.3 Å². The van der Waals surface area contributed by atoms with Crippen LogP contribution in [-0.4, -0.2) is 63.9 Å². The number of aryl methyl sites for hydroxylation is 1. The highest BCUT2D eigenvalue weighted by Crippen LogP contribution is 2.42. The van der Waals surface area contributed by atoms with Gasteiger partial charge in [-0.2, -0.15) is 5.21 Å². The zero-order valence-electron chi connectivity index (χ0n) is 15.4. The molecule has 2 heterocycles. The van der Waals surface area contributed by atoms with Gasteiger partial charge in [0.25, 0.3) is 0 Å². The number of aromatic amines is 1. The van der Waals surface area contributed by atoms with Crippen LogP contribution in [-0.2, 0) is 20.7 Å². The largest absolute Gasteiger partial charge is 0.464 e. The molecule has 1 saturated carbocycles. The van der Waals surface area contributed by atoms with Gasteiger partial charge >= 0.3 is 12.1 Å². The molecule has 1 N–H and O–H groups in total. The predicted octanol–water partition coefficient (Wildman–Crippen LogP) is 1.57. The first-order valence-electron chi connectivity index (χ1n) is 9.35. The van der Waals surface area contributed by atoms with Crippen LogP contribution in [0.4, 0.5) is 4.79 Å². The zero-order chi connectivity index (χ0) is 18.5. The van der Waals surface area contributed by atoms with Crippen LogP contribution in [0.1, 0.15) is 44.9 Å². The number of carbonyl (C=O) groups is 2. The summed E-state index contributed by atoms with van der Waals surface area (Å²) in [6, 6.07) is -0.542. The van der Waals surface area contributed by atoms with Gasteiger partial charge in [0.1, 0.15) is 6.04 Å². The molecule has 9 heteroatoms. The number of carbonyl (C=O) groups excluding carboxylic acids is 2. The molecule has 1 aliphatic heterocycles. The number of piperidine rings is 1. The van der Waals surface area contributed by atoms with Crippen molar-refractivity contribution in [1.82, 2.24) is 25.5 Å². The standard InChI is InChI=1S/C17H27N5O4/c1-3-26-16(23)14-9-13-8-11(5-7-15-18-20-21-19-15)4-6-12(13)10-22(14)17(24)25-2/h11-14H,3-10H2,1-2H3,(H,18,19,20,21)/t11?,12-,13+,14+/m0/s1. The third kappa shape index (κ3) is 4.13. The molecule has 1 aliphatic carbocycles. The number of esters is 1. The Morgan fingerprint density at radius 1 is 1.27 bits per heavy atom. The number of rotatable bonds is 5. The molecule has 144 valence electrons. The molecule has 4 atom stereocenters. The summed E-state index contributed by atoms with van der Waals surface area (Å²) < 4.78 is 10.1. The Hall–Kier alpha value is -2.19. The van der Waals surface area contributed by atoms with Crippen LogP contribution in [0.3, 0.4) is 0 Å². The molecule has 2 fully saturated rings. The van der Waals surface area contributed by atoms with E-state index < -0.39 is 12.1 Å². The molecule has 3 rings (SSSR count). The zero-order valence-corrected chi connectivity index (χ0v) is 15.4. The van der Waals surface area contributed by atoms with Crippen LogP contribution >= 0.6 is 0 Å². The second-order valence-corrected chi connectivity index (χ2v) is 7.19. The molecule has 1 saturated heterocycles. The molecule has 1 aromatic heterocycles. The van der Waals surface area contributed by atoms with Crippen LogP contribution in [0.5, 0.6) is 0 Å². The van der Waals surface area contributed by atoms with Crippen LogP contribution in [0.25, 0.3) is 0 Å². The lowest BCUT2D eigenvalue weighted by molar-refractivity contribution is -0.152. The number of nitrogens with zero attached hydrogens (tertiary/aromatic N) is 4. The van der Waals surface area contributed by atoms with Crippen molar-refractivity contribution in [3.63, 3.8) is 0 Å². The Labute approximate surface area is 152 Å². The molecule has 0 bridgehead atoms. The smallest absolute Gasteiger partial charge is 0.410 e. The van der Waals surface area contributed by atoms with Gasteiger partial charge in [-0.25, -0.2) is 9.59 Å². The minimum atomic E-state index is -0.542. The van der Waals surface area contributed by atoms with Crippen LogP contribution in [0, 0.1) is 17.8 Å². The van der Waals surface area contributed by atoms with E-state index in [4.69, 9.17) is 9.47 Å². The minimum absolute atomic E-state index is 0.311. The van der Waals surface area contributed by atoms with Gasteiger partial charge in [0.05, 0.1) is 13.7 Å². The number of amides is 1. The third-order valence-electron chi connectivity index (χ3n) is 5.72. The number of fused-ring (bicyclic) bond motifs is 1. The molecule has 0 aromatic carbocycles. The van der Waals surface area contributed by atoms with E-state index in [-0.39, 0.29) is 5.97 Å². The van der Waals surface area contributed by atoms with Crippen molar-refractivity contribution in [1.29, 1.82) is 0 Å². The van der Waals surface area contributed by atoms with Gasteiger partial charge in [-0.05, 0) is 50.4 Å². The van der Waals surface area contributed by atoms with Crippen molar-refractivity contribution in [2.24, 2.45) is 17.8 Å². The Kier molecular flexibility index (Phi) is 6.05. The molecule has 1 aromatic rings. The van der Waals surface area contributed by atoms with E-state index in [1.54, 1.807) is 11.8 Å². The highest BCUT2D eigenvalue weighted by Gasteiger charge is 2.44. The van der Waals surface area contributed by atoms with Crippen molar-refractivity contribution in [2.75, 3.05) is 20.3 Å². The highest BCUT2D eigenvalue weighted by molar-refractivity contribution is 5.81. The number of H-pyrrole nitrogens is 1. The number of hydrogen-bond acceptors (Lipinski definition) is 7. The summed E-state index contributed by atoms with van der Waals surface area (Å²) in [5.41, 5.74) is 0. The number of nitrogens with one attached hydrogen (secondary N) is 1. The first-order valence-corrected chi connectivity index (χ1v) is 9.35. The lowest BCUT2D eigenvalue weighted by Gasteiger charge is -2.46. The van der Waals surface area contributed by atoms with Gasteiger partial charge in [0, 0.05) is 13.0 Å². The van der Waals surface area contributed by atoms with Gasteiger partial charge < -0.3 is 9.47 Å². The predicted molar refractivity (Wildman–Crippen MR) is 91.0 cm³/mol. The van der Waals surface area contributed by atoms with Gasteiger partial charge in [-0.3, -0.25) is 4.90 Å². The first kappa shape index (κ1) is 18.6. The van der Waals surface area contributed by atoms with E-state index in [2.05, 4.69) is 20.6 Å². The average Bonchev–Trinajstić information content (AvgIpc) is 3.18. The fourth-order valence-electron chi connectivity index (χ4n) is 4.41. The normalized spacial score (nSPS) is 28.3. The summed E-state index contributed by atoms with van der Waals surface area (Å²) in [5, 5.41) is 14.1. The molecule has 0 spiro atoms. The maximum absolute atomic E-state index is 12.4.